The first kappa shape index (κ1) is 20.1. The fourth-order valence-corrected chi connectivity index (χ4v) is 4.69. The molecule has 0 aromatic carbocycles. The molecule has 1 amide bonds. The summed E-state index contributed by atoms with van der Waals surface area (Å²) in [6, 6.07) is 5.77. The van der Waals surface area contributed by atoms with Crippen LogP contribution in [0.4, 0.5) is 5.82 Å². The molecule has 2 aliphatic rings. The molecule has 10 heteroatoms. The molecule has 0 spiro atoms. The van der Waals surface area contributed by atoms with Crippen LogP contribution in [-0.4, -0.2) is 65.6 Å². The normalized spacial score (nSPS) is 24.5. The molecule has 0 saturated heterocycles. The second-order valence-electron chi connectivity index (χ2n) is 8.90. The molecule has 33 heavy (non-hydrogen) atoms. The minimum atomic E-state index is -0.504. The van der Waals surface area contributed by atoms with Crippen molar-refractivity contribution in [1.29, 1.82) is 0 Å². The van der Waals surface area contributed by atoms with E-state index in [-0.39, 0.29) is 24.1 Å². The minimum absolute atomic E-state index is 0.198. The van der Waals surface area contributed by atoms with Gasteiger partial charge in [-0.1, -0.05) is 0 Å². The van der Waals surface area contributed by atoms with Crippen molar-refractivity contribution < 1.29 is 15.0 Å². The van der Waals surface area contributed by atoms with E-state index in [1.54, 1.807) is 17.8 Å². The van der Waals surface area contributed by atoms with E-state index < -0.39 is 6.10 Å². The lowest BCUT2D eigenvalue weighted by atomic mass is 9.89. The number of nitrogens with one attached hydrogen (secondary N) is 2. The van der Waals surface area contributed by atoms with E-state index in [0.29, 0.717) is 42.0 Å². The Morgan fingerprint density at radius 1 is 1.21 bits per heavy atom. The number of carbonyl (C=O) groups is 1. The maximum Gasteiger partial charge on any atom is 0.257 e. The Kier molecular flexibility index (Phi) is 4.59. The zero-order chi connectivity index (χ0) is 22.7. The molecule has 0 bridgehead atoms. The fraction of sp³-hybridized carbons (Fsp3) is 0.391. The molecule has 2 aliphatic carbocycles. The molecular weight excluding hydrogens is 422 g/mol. The maximum atomic E-state index is 12.9. The average Bonchev–Trinajstić information content (AvgIpc) is 3.40. The van der Waals surface area contributed by atoms with Gasteiger partial charge in [-0.25, -0.2) is 9.97 Å². The summed E-state index contributed by atoms with van der Waals surface area (Å²) in [6.07, 6.45) is 7.39. The molecular formula is C23H25N7O3. The van der Waals surface area contributed by atoms with Gasteiger partial charge < -0.3 is 25.4 Å². The molecule has 4 heterocycles. The first-order valence-corrected chi connectivity index (χ1v) is 11.2. The smallest absolute Gasteiger partial charge is 0.257 e. The third-order valence-corrected chi connectivity index (χ3v) is 6.87. The number of aliphatic hydroxyl groups is 2. The van der Waals surface area contributed by atoms with Crippen molar-refractivity contribution in [3.63, 3.8) is 0 Å². The predicted molar refractivity (Wildman–Crippen MR) is 122 cm³/mol. The molecule has 4 aromatic rings. The highest BCUT2D eigenvalue weighted by Crippen LogP contribution is 2.38. The van der Waals surface area contributed by atoms with Crippen molar-refractivity contribution in [2.75, 3.05) is 12.4 Å². The van der Waals surface area contributed by atoms with Crippen LogP contribution in [0.5, 0.6) is 0 Å². The van der Waals surface area contributed by atoms with Gasteiger partial charge in [-0.15, -0.1) is 0 Å². The Bertz CT molecular complexity index is 1370. The third-order valence-electron chi connectivity index (χ3n) is 6.87. The monoisotopic (exact) mass is 447 g/mol. The summed E-state index contributed by atoms with van der Waals surface area (Å²) in [5.41, 5.74) is 3.24. The second kappa shape index (κ2) is 7.53. The average molecular weight is 447 g/mol. The first-order valence-electron chi connectivity index (χ1n) is 11.2. The Morgan fingerprint density at radius 3 is 2.76 bits per heavy atom. The van der Waals surface area contributed by atoms with Gasteiger partial charge in [-0.05, 0) is 37.8 Å². The van der Waals surface area contributed by atoms with Crippen LogP contribution in [0.2, 0.25) is 0 Å². The number of aliphatic hydroxyl groups excluding tert-OH is 2. The van der Waals surface area contributed by atoms with Crippen molar-refractivity contribution in [2.24, 2.45) is 0 Å². The van der Waals surface area contributed by atoms with Gasteiger partial charge in [0.1, 0.15) is 17.0 Å². The van der Waals surface area contributed by atoms with E-state index in [2.05, 4.69) is 25.3 Å². The summed E-state index contributed by atoms with van der Waals surface area (Å²) < 4.78 is 3.72. The lowest BCUT2D eigenvalue weighted by Crippen LogP contribution is -2.50. The van der Waals surface area contributed by atoms with Crippen LogP contribution in [0.25, 0.3) is 27.9 Å². The molecule has 10 nitrogen and oxygen atoms in total. The number of amides is 1. The van der Waals surface area contributed by atoms with E-state index in [9.17, 15) is 15.0 Å². The van der Waals surface area contributed by atoms with Crippen molar-refractivity contribution in [1.82, 2.24) is 29.5 Å². The molecule has 170 valence electrons. The second-order valence-corrected chi connectivity index (χ2v) is 8.90. The quantitative estimate of drug-likeness (QED) is 0.367. The van der Waals surface area contributed by atoms with Crippen LogP contribution in [0.15, 0.2) is 36.8 Å². The highest BCUT2D eigenvalue weighted by molar-refractivity contribution is 6.01. The molecule has 0 radical (unpaired) electrons. The number of nitrogens with zero attached hydrogens (tertiary/aromatic N) is 5. The molecule has 0 aliphatic heterocycles. The van der Waals surface area contributed by atoms with Crippen LogP contribution in [-0.2, 0) is 0 Å². The van der Waals surface area contributed by atoms with Crippen LogP contribution in [0, 0.1) is 0 Å². The highest BCUT2D eigenvalue weighted by Gasteiger charge is 2.32. The first-order chi connectivity index (χ1) is 16.0. The van der Waals surface area contributed by atoms with Gasteiger partial charge in [0.05, 0.1) is 30.1 Å². The number of rotatable bonds is 5. The number of fused-ring (bicyclic) bond motifs is 2. The molecule has 0 unspecified atom stereocenters. The zero-order valence-corrected chi connectivity index (χ0v) is 18.1. The van der Waals surface area contributed by atoms with Crippen molar-refractivity contribution in [3.05, 3.63) is 42.4 Å². The number of hydrogen-bond acceptors (Lipinski definition) is 7. The van der Waals surface area contributed by atoms with Crippen LogP contribution in [0.1, 0.15) is 42.1 Å². The molecule has 2 fully saturated rings. The van der Waals surface area contributed by atoms with Crippen molar-refractivity contribution in [2.45, 2.75) is 50.0 Å². The molecule has 2 atom stereocenters. The molecule has 2 saturated carbocycles. The van der Waals surface area contributed by atoms with Gasteiger partial charge in [0.15, 0.2) is 5.65 Å². The van der Waals surface area contributed by atoms with Gasteiger partial charge in [0.25, 0.3) is 5.91 Å². The minimum Gasteiger partial charge on any atom is -0.393 e. The van der Waals surface area contributed by atoms with Gasteiger partial charge in [-0.2, -0.15) is 9.61 Å². The van der Waals surface area contributed by atoms with Crippen LogP contribution < -0.4 is 10.6 Å². The van der Waals surface area contributed by atoms with Crippen LogP contribution >= 0.6 is 0 Å². The topological polar surface area (TPSA) is 130 Å². The van der Waals surface area contributed by atoms with Crippen molar-refractivity contribution in [3.8, 4) is 11.3 Å². The summed E-state index contributed by atoms with van der Waals surface area (Å²) in [6.45, 7) is 0. The summed E-state index contributed by atoms with van der Waals surface area (Å²) in [5, 5.41) is 31.0. The maximum absolute atomic E-state index is 12.9. The number of anilines is 1. The zero-order valence-electron chi connectivity index (χ0n) is 18.1. The fourth-order valence-electron chi connectivity index (χ4n) is 4.69. The lowest BCUT2D eigenvalue weighted by molar-refractivity contribution is 0.0448. The summed E-state index contributed by atoms with van der Waals surface area (Å²) in [7, 11) is 1.80. The summed E-state index contributed by atoms with van der Waals surface area (Å²) >= 11 is 0. The Morgan fingerprint density at radius 2 is 2.06 bits per heavy atom. The third kappa shape index (κ3) is 3.17. The highest BCUT2D eigenvalue weighted by atomic mass is 16.3. The van der Waals surface area contributed by atoms with Gasteiger partial charge in [0.2, 0.25) is 0 Å². The summed E-state index contributed by atoms with van der Waals surface area (Å²) in [5.74, 6) is 0.398. The van der Waals surface area contributed by atoms with Gasteiger partial charge in [0, 0.05) is 42.5 Å². The number of hydrogen-bond donors (Lipinski definition) is 4. The SMILES string of the molecule is CNc1cc(-c2cn(C3CC(O)C3)c3ncccc23)nc2c(C(=O)N[C@H]3CC[C@H]3O)cnn12. The number of pyridine rings is 1. The van der Waals surface area contributed by atoms with Gasteiger partial charge >= 0.3 is 0 Å². The number of carbonyl (C=O) groups excluding carboxylic acids is 1. The van der Waals surface area contributed by atoms with Gasteiger partial charge in [-0.3, -0.25) is 4.79 Å². The summed E-state index contributed by atoms with van der Waals surface area (Å²) in [4.78, 5) is 22.3. The van der Waals surface area contributed by atoms with E-state index in [0.717, 1.165) is 23.0 Å². The molecule has 6 rings (SSSR count). The number of aromatic nitrogens is 5. The van der Waals surface area contributed by atoms with E-state index in [1.807, 2.05) is 24.4 Å². The molecule has 4 N–H and O–H groups in total. The van der Waals surface area contributed by atoms with E-state index >= 15 is 0 Å². The molecule has 4 aromatic heterocycles. The predicted octanol–water partition coefficient (Wildman–Crippen LogP) is 1.74. The Hall–Kier alpha value is -3.50. The standard InChI is InChI=1S/C23H25N7O3/c1-24-20-9-18(16-11-29(12-7-13(31)8-12)21-14(16)3-2-6-25-21)27-22-15(10-26-30(20)22)23(33)28-17-4-5-19(17)32/h2-3,6,9-13,17,19,24,31-32H,4-5,7-8H2,1H3,(H,28,33)/t12?,13?,17-,19+/m0/s1. The Labute approximate surface area is 189 Å². The largest absolute Gasteiger partial charge is 0.393 e. The van der Waals surface area contributed by atoms with E-state index in [4.69, 9.17) is 4.98 Å². The Balaban J connectivity index is 1.46. The van der Waals surface area contributed by atoms with Crippen molar-refractivity contribution >= 4 is 28.4 Å². The van der Waals surface area contributed by atoms with Crippen LogP contribution in [0.3, 0.4) is 0 Å². The van der Waals surface area contributed by atoms with E-state index in [1.165, 1.54) is 6.20 Å². The lowest BCUT2D eigenvalue weighted by Gasteiger charge is -2.32.